The highest BCUT2D eigenvalue weighted by Gasteiger charge is 2.24. The van der Waals surface area contributed by atoms with Crippen molar-refractivity contribution in [3.63, 3.8) is 0 Å². The molecule has 0 N–H and O–H groups in total. The highest BCUT2D eigenvalue weighted by atomic mass is 32.2. The molecule has 0 saturated carbocycles. The van der Waals surface area contributed by atoms with Crippen molar-refractivity contribution in [2.24, 2.45) is 0 Å². The molecule has 0 saturated heterocycles. The molecule has 0 aliphatic carbocycles. The van der Waals surface area contributed by atoms with Crippen LogP contribution in [-0.4, -0.2) is 16.0 Å². The summed E-state index contributed by atoms with van der Waals surface area (Å²) in [6.45, 7) is 0. The van der Waals surface area contributed by atoms with Crippen LogP contribution < -0.4 is 0 Å². The van der Waals surface area contributed by atoms with Crippen LogP contribution in [0.2, 0.25) is 0 Å². The molecule has 3 rings (SSSR count). The van der Waals surface area contributed by atoms with E-state index < -0.39 is 4.92 Å². The van der Waals surface area contributed by atoms with Crippen LogP contribution in [0.5, 0.6) is 0 Å². The van der Waals surface area contributed by atoms with E-state index in [1.807, 2.05) is 6.07 Å². The van der Waals surface area contributed by atoms with E-state index in [2.05, 4.69) is 0 Å². The van der Waals surface area contributed by atoms with Gasteiger partial charge in [-0.05, 0) is 36.2 Å². The molecule has 0 spiro atoms. The van der Waals surface area contributed by atoms with Gasteiger partial charge in [0.05, 0.1) is 28.5 Å². The number of nitro benzene ring substituents is 1. The molecule has 6 nitrogen and oxygen atoms in total. The molecular weight excluding hydrogens is 342 g/mol. The van der Waals surface area contributed by atoms with Crippen LogP contribution in [0.25, 0.3) is 0 Å². The summed E-state index contributed by atoms with van der Waals surface area (Å²) in [5.41, 5.74) is 0.878. The Morgan fingerprint density at radius 3 is 2.40 bits per heavy atom. The van der Waals surface area contributed by atoms with E-state index in [0.717, 1.165) is 11.3 Å². The minimum atomic E-state index is -0.444. The average molecular weight is 357 g/mol. The first-order chi connectivity index (χ1) is 12.1. The quantitative estimate of drug-likeness (QED) is 0.335. The van der Waals surface area contributed by atoms with Crippen LogP contribution >= 0.6 is 11.8 Å². The predicted octanol–water partition coefficient (Wildman–Crippen LogP) is 4.51. The lowest BCUT2D eigenvalue weighted by Gasteiger charge is -2.14. The first-order valence-electron chi connectivity index (χ1n) is 7.58. The van der Waals surface area contributed by atoms with Crippen molar-refractivity contribution in [2.75, 3.05) is 0 Å². The molecule has 0 aliphatic heterocycles. The smallest absolute Gasteiger partial charge is 0.269 e. The molecular formula is C18H15NO5S. The van der Waals surface area contributed by atoms with Crippen LogP contribution in [0.4, 0.5) is 5.69 Å². The van der Waals surface area contributed by atoms with Crippen LogP contribution in [0.15, 0.2) is 69.9 Å². The fraction of sp³-hybridized carbons (Fsp3) is 0.167. The summed E-state index contributed by atoms with van der Waals surface area (Å²) in [6.07, 6.45) is 3.51. The molecule has 25 heavy (non-hydrogen) atoms. The van der Waals surface area contributed by atoms with Gasteiger partial charge in [-0.25, -0.2) is 0 Å². The van der Waals surface area contributed by atoms with E-state index in [0.29, 0.717) is 17.9 Å². The molecule has 0 unspecified atom stereocenters. The van der Waals surface area contributed by atoms with Gasteiger partial charge in [-0.2, -0.15) is 0 Å². The third kappa shape index (κ3) is 4.39. The number of hydrogen-bond acceptors (Lipinski definition) is 6. The first kappa shape index (κ1) is 17.0. The number of ketones is 1. The van der Waals surface area contributed by atoms with E-state index in [9.17, 15) is 14.9 Å². The van der Waals surface area contributed by atoms with Gasteiger partial charge in [0.15, 0.2) is 5.76 Å². The van der Waals surface area contributed by atoms with Crippen molar-refractivity contribution in [2.45, 2.75) is 17.4 Å². The van der Waals surface area contributed by atoms with Gasteiger partial charge in [0.1, 0.15) is 5.76 Å². The Kier molecular flexibility index (Phi) is 5.35. The van der Waals surface area contributed by atoms with E-state index in [1.165, 1.54) is 30.2 Å². The third-order valence-corrected chi connectivity index (χ3v) is 4.87. The normalized spacial score (nSPS) is 12.0. The number of nitrogens with zero attached hydrogens (tertiary/aromatic N) is 1. The number of benzene rings is 1. The number of Topliss-reactive ketones (excluding diaryl/α,β-unsaturated/α-hetero) is 1. The number of rotatable bonds is 8. The summed E-state index contributed by atoms with van der Waals surface area (Å²) in [7, 11) is 0. The molecule has 1 atom stereocenters. The van der Waals surface area contributed by atoms with Gasteiger partial charge < -0.3 is 8.83 Å². The van der Waals surface area contributed by atoms with Crippen LogP contribution in [0.3, 0.4) is 0 Å². The fourth-order valence-corrected chi connectivity index (χ4v) is 3.46. The number of carbonyl (C=O) groups is 1. The zero-order chi connectivity index (χ0) is 17.6. The maximum absolute atomic E-state index is 12.7. The molecule has 2 heterocycles. The van der Waals surface area contributed by atoms with E-state index in [1.54, 1.807) is 36.6 Å². The van der Waals surface area contributed by atoms with Crippen molar-refractivity contribution in [3.8, 4) is 0 Å². The van der Waals surface area contributed by atoms with Gasteiger partial charge in [-0.1, -0.05) is 12.1 Å². The minimum absolute atomic E-state index is 0.0286. The topological polar surface area (TPSA) is 86.5 Å². The van der Waals surface area contributed by atoms with Crippen LogP contribution in [0, 0.1) is 10.1 Å². The van der Waals surface area contributed by atoms with Crippen molar-refractivity contribution in [1.29, 1.82) is 0 Å². The molecule has 7 heteroatoms. The van der Waals surface area contributed by atoms with Crippen molar-refractivity contribution < 1.29 is 18.6 Å². The van der Waals surface area contributed by atoms with Gasteiger partial charge >= 0.3 is 0 Å². The summed E-state index contributed by atoms with van der Waals surface area (Å²) in [4.78, 5) is 23.0. The molecule has 128 valence electrons. The zero-order valence-corrected chi connectivity index (χ0v) is 14.0. The summed E-state index contributed by atoms with van der Waals surface area (Å²) in [5, 5.41) is 10.4. The summed E-state index contributed by atoms with van der Waals surface area (Å²) < 4.78 is 10.5. The number of hydrogen-bond donors (Lipinski definition) is 0. The van der Waals surface area contributed by atoms with Gasteiger partial charge in [0, 0.05) is 12.1 Å². The number of carbonyl (C=O) groups excluding carboxylic acids is 1. The lowest BCUT2D eigenvalue weighted by atomic mass is 10.1. The Morgan fingerprint density at radius 2 is 1.80 bits per heavy atom. The predicted molar refractivity (Wildman–Crippen MR) is 93.6 cm³/mol. The second-order valence-corrected chi connectivity index (χ2v) is 6.54. The van der Waals surface area contributed by atoms with Gasteiger partial charge in [0.25, 0.3) is 5.69 Å². The second kappa shape index (κ2) is 7.85. The van der Waals surface area contributed by atoms with E-state index in [4.69, 9.17) is 8.83 Å². The number of furan rings is 2. The monoisotopic (exact) mass is 357 g/mol. The lowest BCUT2D eigenvalue weighted by Crippen LogP contribution is -2.20. The first-order valence-corrected chi connectivity index (χ1v) is 8.63. The lowest BCUT2D eigenvalue weighted by molar-refractivity contribution is -0.384. The molecule has 0 fully saturated rings. The summed E-state index contributed by atoms with van der Waals surface area (Å²) in [5.74, 6) is 1.53. The van der Waals surface area contributed by atoms with Gasteiger partial charge in [-0.15, -0.1) is 11.8 Å². The molecule has 1 aromatic carbocycles. The largest absolute Gasteiger partial charge is 0.468 e. The van der Waals surface area contributed by atoms with Gasteiger partial charge in [0.2, 0.25) is 5.78 Å². The Morgan fingerprint density at radius 1 is 1.08 bits per heavy atom. The Labute approximate surface area is 148 Å². The summed E-state index contributed by atoms with van der Waals surface area (Å²) in [6, 6.07) is 13.2. The highest BCUT2D eigenvalue weighted by molar-refractivity contribution is 7.99. The molecule has 3 aromatic rings. The average Bonchev–Trinajstić information content (AvgIpc) is 3.31. The highest BCUT2D eigenvalue weighted by Crippen LogP contribution is 2.26. The Balaban J connectivity index is 1.75. The molecule has 0 bridgehead atoms. The maximum atomic E-state index is 12.7. The SMILES string of the molecule is O=C(c1ccco1)[C@@H](Cc1ccc([N+](=O)[O-])cc1)SCc1ccco1. The van der Waals surface area contributed by atoms with Crippen molar-refractivity contribution >= 4 is 23.2 Å². The van der Waals surface area contributed by atoms with Crippen molar-refractivity contribution in [3.05, 3.63) is 88.3 Å². The second-order valence-electron chi connectivity index (χ2n) is 5.35. The molecule has 0 radical (unpaired) electrons. The van der Waals surface area contributed by atoms with Crippen LogP contribution in [0.1, 0.15) is 21.9 Å². The molecule has 0 amide bonds. The van der Waals surface area contributed by atoms with E-state index >= 15 is 0 Å². The Bertz CT molecular complexity index is 825. The maximum Gasteiger partial charge on any atom is 0.269 e. The third-order valence-electron chi connectivity index (χ3n) is 3.63. The van der Waals surface area contributed by atoms with E-state index in [-0.39, 0.29) is 16.7 Å². The minimum Gasteiger partial charge on any atom is -0.468 e. The standard InChI is InChI=1S/C18H15NO5S/c20-18(16-4-2-10-24-16)17(25-12-15-3-1-9-23-15)11-13-5-7-14(8-6-13)19(21)22/h1-10,17H,11-12H2/t17-/m1/s1. The Hall–Kier alpha value is -2.80. The van der Waals surface area contributed by atoms with Crippen LogP contribution in [-0.2, 0) is 12.2 Å². The zero-order valence-electron chi connectivity index (χ0n) is 13.2. The molecule has 0 aliphatic rings. The number of thioether (sulfide) groups is 1. The number of nitro groups is 1. The molecule has 2 aromatic heterocycles. The van der Waals surface area contributed by atoms with Gasteiger partial charge in [-0.3, -0.25) is 14.9 Å². The summed E-state index contributed by atoms with van der Waals surface area (Å²) >= 11 is 1.45. The van der Waals surface area contributed by atoms with Crippen molar-refractivity contribution in [1.82, 2.24) is 0 Å². The fourth-order valence-electron chi connectivity index (χ4n) is 2.35. The number of non-ortho nitro benzene ring substituents is 1.